The number of aryl methyl sites for hydroxylation is 2. The number of hydrogen-bond acceptors (Lipinski definition) is 6. The molecule has 3 rings (SSSR count). The molecule has 1 aliphatic rings. The van der Waals surface area contributed by atoms with Crippen molar-refractivity contribution in [1.29, 1.82) is 0 Å². The topological polar surface area (TPSA) is 104 Å². The first-order valence-electron chi connectivity index (χ1n) is 11.4. The second-order valence-corrected chi connectivity index (χ2v) is 10.6. The molecule has 8 heteroatoms. The lowest BCUT2D eigenvalue weighted by Gasteiger charge is -2.49. The van der Waals surface area contributed by atoms with Gasteiger partial charge < -0.3 is 30.4 Å². The molecule has 6 nitrogen and oxygen atoms in total. The van der Waals surface area contributed by atoms with Crippen molar-refractivity contribution < 1.29 is 25.5 Å². The molecule has 5 atom stereocenters. The van der Waals surface area contributed by atoms with Crippen molar-refractivity contribution in [2.75, 3.05) is 18.1 Å². The molecule has 0 saturated heterocycles. The van der Waals surface area contributed by atoms with E-state index in [1.54, 1.807) is 12.1 Å². The Morgan fingerprint density at radius 1 is 0.971 bits per heavy atom. The Kier molecular flexibility index (Phi) is 10.2. The number of anilines is 1. The molecule has 0 radical (unpaired) electrons. The van der Waals surface area contributed by atoms with Crippen LogP contribution < -0.4 is 4.90 Å². The van der Waals surface area contributed by atoms with Gasteiger partial charge in [0.05, 0.1) is 12.7 Å². The van der Waals surface area contributed by atoms with Crippen LogP contribution in [0, 0.1) is 13.8 Å². The highest BCUT2D eigenvalue weighted by molar-refractivity contribution is 6.33. The van der Waals surface area contributed by atoms with E-state index in [-0.39, 0.29) is 12.1 Å². The third kappa shape index (κ3) is 7.08. The van der Waals surface area contributed by atoms with Crippen LogP contribution in [-0.4, -0.2) is 68.6 Å². The van der Waals surface area contributed by atoms with Crippen LogP contribution in [0.3, 0.4) is 0 Å². The number of β-amino-alcohol motifs (C(OH)–C–C–N with tert-alkyl or cyclic N) is 1. The summed E-state index contributed by atoms with van der Waals surface area (Å²) in [4.78, 5) is 2.06. The summed E-state index contributed by atoms with van der Waals surface area (Å²) < 4.78 is 0. The third-order valence-corrected chi connectivity index (χ3v) is 7.02. The Labute approximate surface area is 212 Å². The maximum Gasteiger partial charge on any atom is 0.111 e. The quantitative estimate of drug-likeness (QED) is 0.402. The minimum Gasteiger partial charge on any atom is -0.394 e. The van der Waals surface area contributed by atoms with E-state index in [9.17, 15) is 20.4 Å². The minimum atomic E-state index is -1.61. The molecule has 1 unspecified atom stereocenters. The van der Waals surface area contributed by atoms with E-state index in [1.807, 2.05) is 19.9 Å². The molecule has 0 spiro atoms. The SMILES string of the molecule is Cc1cc(Cl)ccc1Cl.Cc1ccc2c(c1)N(C[C@@H](O)[C@H](O)[C@H](O)[C@@H](O)CO)C(C)(C)CC2C. The van der Waals surface area contributed by atoms with E-state index in [2.05, 4.69) is 43.9 Å². The summed E-state index contributed by atoms with van der Waals surface area (Å²) >= 11 is 11.4. The fraction of sp³-hybridized carbons (Fsp3) is 0.538. The molecular formula is C26H37Cl2NO5. The van der Waals surface area contributed by atoms with E-state index in [0.717, 1.165) is 33.3 Å². The van der Waals surface area contributed by atoms with Crippen LogP contribution in [0.2, 0.25) is 10.0 Å². The largest absolute Gasteiger partial charge is 0.394 e. The van der Waals surface area contributed by atoms with Gasteiger partial charge in [-0.3, -0.25) is 0 Å². The smallest absolute Gasteiger partial charge is 0.111 e. The lowest BCUT2D eigenvalue weighted by atomic mass is 9.79. The Morgan fingerprint density at radius 2 is 1.59 bits per heavy atom. The molecule has 2 aromatic rings. The van der Waals surface area contributed by atoms with Crippen molar-refractivity contribution in [3.05, 3.63) is 63.1 Å². The monoisotopic (exact) mass is 513 g/mol. The molecule has 2 aromatic carbocycles. The number of hydrogen-bond donors (Lipinski definition) is 5. The summed E-state index contributed by atoms with van der Waals surface area (Å²) in [6.45, 7) is 9.73. The molecule has 0 saturated carbocycles. The van der Waals surface area contributed by atoms with Gasteiger partial charge >= 0.3 is 0 Å². The lowest BCUT2D eigenvalue weighted by molar-refractivity contribution is -0.113. The number of nitrogens with zero attached hydrogens (tertiary/aromatic N) is 1. The Balaban J connectivity index is 0.000000379. The summed E-state index contributed by atoms with van der Waals surface area (Å²) in [5.74, 6) is 0.380. The summed E-state index contributed by atoms with van der Waals surface area (Å²) in [7, 11) is 0. The number of fused-ring (bicyclic) bond motifs is 1. The van der Waals surface area contributed by atoms with E-state index in [4.69, 9.17) is 28.3 Å². The third-order valence-electron chi connectivity index (χ3n) is 6.36. The van der Waals surface area contributed by atoms with E-state index in [0.29, 0.717) is 5.92 Å². The summed E-state index contributed by atoms with van der Waals surface area (Å²) in [6.07, 6.45) is -5.02. The fourth-order valence-corrected chi connectivity index (χ4v) is 4.76. The number of rotatable bonds is 6. The predicted molar refractivity (Wildman–Crippen MR) is 138 cm³/mol. The number of aliphatic hydroxyl groups is 5. The van der Waals surface area contributed by atoms with Gasteiger partial charge in [-0.2, -0.15) is 0 Å². The number of benzene rings is 2. The molecule has 0 amide bonds. The first-order chi connectivity index (χ1) is 15.8. The van der Waals surface area contributed by atoms with Crippen LogP contribution in [0.1, 0.15) is 49.8 Å². The summed E-state index contributed by atoms with van der Waals surface area (Å²) in [6, 6.07) is 11.6. The maximum atomic E-state index is 10.4. The zero-order chi connectivity index (χ0) is 25.8. The van der Waals surface area contributed by atoms with Gasteiger partial charge in [0, 0.05) is 27.8 Å². The standard InChI is InChI=1S/C19H31NO5.C7H6Cl2/c1-11-5-6-13-12(2)8-19(3,4)20(14(13)7-11)9-15(22)17(24)18(25)16(23)10-21;1-5-4-6(8)2-3-7(5)9/h5-7,12,15-18,21-25H,8-10H2,1-4H3;2-4H,1H3/t12?,15-,16+,17+,18-;/m1./s1. The summed E-state index contributed by atoms with van der Waals surface area (Å²) in [5.41, 5.74) is 4.11. The first kappa shape index (κ1) is 28.9. The highest BCUT2D eigenvalue weighted by Crippen LogP contribution is 2.43. The summed E-state index contributed by atoms with van der Waals surface area (Å²) in [5, 5.41) is 50.3. The van der Waals surface area contributed by atoms with Crippen molar-refractivity contribution in [3.8, 4) is 0 Å². The van der Waals surface area contributed by atoms with Gasteiger partial charge in [-0.05, 0) is 81.0 Å². The second-order valence-electron chi connectivity index (χ2n) is 9.78. The zero-order valence-corrected chi connectivity index (χ0v) is 21.9. The molecule has 0 aromatic heterocycles. The Morgan fingerprint density at radius 3 is 2.15 bits per heavy atom. The van der Waals surface area contributed by atoms with Gasteiger partial charge in [-0.1, -0.05) is 42.3 Å². The molecule has 0 aliphatic carbocycles. The van der Waals surface area contributed by atoms with E-state index >= 15 is 0 Å². The first-order valence-corrected chi connectivity index (χ1v) is 12.2. The molecule has 0 bridgehead atoms. The Bertz CT molecular complexity index is 955. The van der Waals surface area contributed by atoms with Crippen molar-refractivity contribution in [3.63, 3.8) is 0 Å². The van der Waals surface area contributed by atoms with Gasteiger partial charge in [-0.15, -0.1) is 0 Å². The van der Waals surface area contributed by atoms with Crippen LogP contribution in [0.25, 0.3) is 0 Å². The normalized spacial score (nSPS) is 20.5. The Hall–Kier alpha value is -1.38. The van der Waals surface area contributed by atoms with E-state index in [1.165, 1.54) is 5.56 Å². The molecule has 0 fully saturated rings. The molecule has 190 valence electrons. The van der Waals surface area contributed by atoms with Gasteiger partial charge in [0.2, 0.25) is 0 Å². The van der Waals surface area contributed by atoms with Gasteiger partial charge in [0.15, 0.2) is 0 Å². The van der Waals surface area contributed by atoms with Crippen LogP contribution in [0.15, 0.2) is 36.4 Å². The van der Waals surface area contributed by atoms with Crippen LogP contribution in [0.4, 0.5) is 5.69 Å². The molecule has 1 heterocycles. The number of halogens is 2. The van der Waals surface area contributed by atoms with Gasteiger partial charge in [-0.25, -0.2) is 0 Å². The minimum absolute atomic E-state index is 0.118. The molecule has 5 N–H and O–H groups in total. The highest BCUT2D eigenvalue weighted by atomic mass is 35.5. The fourth-order valence-electron chi connectivity index (χ4n) is 4.41. The van der Waals surface area contributed by atoms with Crippen molar-refractivity contribution in [1.82, 2.24) is 0 Å². The van der Waals surface area contributed by atoms with Gasteiger partial charge in [0.25, 0.3) is 0 Å². The van der Waals surface area contributed by atoms with Crippen molar-refractivity contribution >= 4 is 28.9 Å². The van der Waals surface area contributed by atoms with Gasteiger partial charge in [0.1, 0.15) is 18.3 Å². The number of aliphatic hydroxyl groups excluding tert-OH is 5. The van der Waals surface area contributed by atoms with E-state index < -0.39 is 31.0 Å². The average molecular weight is 514 g/mol. The second kappa shape index (κ2) is 12.0. The molecular weight excluding hydrogens is 477 g/mol. The molecule has 1 aliphatic heterocycles. The molecule has 34 heavy (non-hydrogen) atoms. The highest BCUT2D eigenvalue weighted by Gasteiger charge is 2.39. The van der Waals surface area contributed by atoms with Crippen molar-refractivity contribution in [2.45, 2.75) is 76.9 Å². The van der Waals surface area contributed by atoms with Crippen LogP contribution in [0.5, 0.6) is 0 Å². The predicted octanol–water partition coefficient (Wildman–Crippen LogP) is 3.82. The maximum absolute atomic E-state index is 10.4. The van der Waals surface area contributed by atoms with Crippen LogP contribution >= 0.6 is 23.2 Å². The van der Waals surface area contributed by atoms with Crippen molar-refractivity contribution in [2.24, 2.45) is 0 Å². The lowest BCUT2D eigenvalue weighted by Crippen LogP contribution is -2.55. The average Bonchev–Trinajstić information content (AvgIpc) is 2.77. The van der Waals surface area contributed by atoms with Crippen LogP contribution in [-0.2, 0) is 0 Å². The zero-order valence-electron chi connectivity index (χ0n) is 20.4.